The van der Waals surface area contributed by atoms with Crippen LogP contribution in [0.4, 0.5) is 11.4 Å². The molecule has 19 heavy (non-hydrogen) atoms. The summed E-state index contributed by atoms with van der Waals surface area (Å²) in [5, 5.41) is 2.85. The van der Waals surface area contributed by atoms with Gasteiger partial charge in [-0.05, 0) is 18.2 Å². The van der Waals surface area contributed by atoms with Crippen LogP contribution in [0.5, 0.6) is 0 Å². The molecule has 1 aliphatic rings. The molecule has 2 aromatic rings. The maximum Gasteiger partial charge on any atom is 0.244 e. The van der Waals surface area contributed by atoms with Crippen molar-refractivity contribution in [1.82, 2.24) is 4.98 Å². The van der Waals surface area contributed by atoms with Crippen molar-refractivity contribution in [3.05, 3.63) is 54.4 Å². The number of nitrogens with zero attached hydrogens (tertiary/aromatic N) is 2. The van der Waals surface area contributed by atoms with E-state index in [1.165, 1.54) is 0 Å². The van der Waals surface area contributed by atoms with E-state index in [4.69, 9.17) is 0 Å². The summed E-state index contributed by atoms with van der Waals surface area (Å²) in [4.78, 5) is 20.3. The predicted molar refractivity (Wildman–Crippen MR) is 78.2 cm³/mol. The number of hydrogen-bond acceptors (Lipinski definition) is 3. The van der Waals surface area contributed by atoms with Crippen molar-refractivity contribution in [1.29, 1.82) is 0 Å². The summed E-state index contributed by atoms with van der Waals surface area (Å²) in [6.45, 7) is 0. The first-order valence-electron chi connectivity index (χ1n) is 5.78. The summed E-state index contributed by atoms with van der Waals surface area (Å²) in [5.74, 6) is -0.132. The van der Waals surface area contributed by atoms with E-state index in [1.54, 1.807) is 12.4 Å². The molecule has 0 bridgehead atoms. The van der Waals surface area contributed by atoms with Gasteiger partial charge in [0.2, 0.25) is 5.91 Å². The molecule has 0 radical (unpaired) electrons. The normalized spacial score (nSPS) is 18.1. The summed E-state index contributed by atoms with van der Waals surface area (Å²) < 4.78 is 0. The zero-order valence-electron chi connectivity index (χ0n) is 9.88. The van der Waals surface area contributed by atoms with Gasteiger partial charge in [0.05, 0.1) is 17.1 Å². The number of nitrogens with one attached hydrogen (secondary N) is 1. The highest BCUT2D eigenvalue weighted by molar-refractivity contribution is 9.10. The van der Waals surface area contributed by atoms with E-state index >= 15 is 0 Å². The van der Waals surface area contributed by atoms with Crippen molar-refractivity contribution in [2.75, 3.05) is 5.32 Å². The van der Waals surface area contributed by atoms with Crippen LogP contribution in [0, 0.1) is 0 Å². The third-order valence-corrected chi connectivity index (χ3v) is 3.68. The first kappa shape index (κ1) is 12.0. The van der Waals surface area contributed by atoms with Gasteiger partial charge in [0, 0.05) is 18.0 Å². The number of amides is 1. The van der Waals surface area contributed by atoms with Crippen LogP contribution in [0.3, 0.4) is 0 Å². The van der Waals surface area contributed by atoms with Crippen LogP contribution < -0.4 is 5.32 Å². The number of rotatable bonds is 1. The number of para-hydroxylation sites is 2. The molecule has 1 aliphatic heterocycles. The molecule has 1 unspecified atom stereocenters. The standard InChI is InChI=1S/C14H10BrN3O/c15-12-13(9-4-3-7-16-8-9)17-10-5-1-2-6-11(10)18-14(12)19/h1-8,12H,(H,18,19). The van der Waals surface area contributed by atoms with Crippen molar-refractivity contribution < 1.29 is 4.79 Å². The second-order valence-electron chi connectivity index (χ2n) is 4.11. The zero-order chi connectivity index (χ0) is 13.2. The highest BCUT2D eigenvalue weighted by Crippen LogP contribution is 2.30. The SMILES string of the molecule is O=C1Nc2ccccc2N=C(c2cccnc2)C1Br. The van der Waals surface area contributed by atoms with E-state index < -0.39 is 4.83 Å². The second-order valence-corrected chi connectivity index (χ2v) is 5.02. The lowest BCUT2D eigenvalue weighted by atomic mass is 10.1. The van der Waals surface area contributed by atoms with Crippen LogP contribution in [0.15, 0.2) is 53.8 Å². The average Bonchev–Trinajstić information content (AvgIpc) is 2.58. The number of fused-ring (bicyclic) bond motifs is 1. The number of pyridine rings is 1. The minimum Gasteiger partial charge on any atom is -0.323 e. The third-order valence-electron chi connectivity index (χ3n) is 2.83. The number of halogens is 1. The predicted octanol–water partition coefficient (Wildman–Crippen LogP) is 2.92. The van der Waals surface area contributed by atoms with Crippen molar-refractivity contribution in [3.63, 3.8) is 0 Å². The Morgan fingerprint density at radius 2 is 2.00 bits per heavy atom. The van der Waals surface area contributed by atoms with E-state index in [1.807, 2.05) is 36.4 Å². The number of carbonyl (C=O) groups is 1. The molecule has 2 heterocycles. The van der Waals surface area contributed by atoms with Crippen LogP contribution in [-0.2, 0) is 4.79 Å². The maximum absolute atomic E-state index is 12.1. The summed E-state index contributed by atoms with van der Waals surface area (Å²) in [6, 6.07) is 11.2. The number of alkyl halides is 1. The highest BCUT2D eigenvalue weighted by atomic mass is 79.9. The molecule has 5 heteroatoms. The lowest BCUT2D eigenvalue weighted by Gasteiger charge is -2.09. The minimum absolute atomic E-state index is 0.132. The Kier molecular flexibility index (Phi) is 3.13. The van der Waals surface area contributed by atoms with E-state index in [-0.39, 0.29) is 5.91 Å². The van der Waals surface area contributed by atoms with Crippen LogP contribution >= 0.6 is 15.9 Å². The highest BCUT2D eigenvalue weighted by Gasteiger charge is 2.26. The Bertz CT molecular complexity index is 655. The second kappa shape index (κ2) is 4.93. The lowest BCUT2D eigenvalue weighted by molar-refractivity contribution is -0.114. The molecule has 1 aromatic heterocycles. The molecule has 1 N–H and O–H groups in total. The van der Waals surface area contributed by atoms with Gasteiger partial charge in [-0.15, -0.1) is 0 Å². The third kappa shape index (κ3) is 2.29. The van der Waals surface area contributed by atoms with Crippen molar-refractivity contribution in [2.45, 2.75) is 4.83 Å². The van der Waals surface area contributed by atoms with Gasteiger partial charge in [-0.25, -0.2) is 4.99 Å². The molecule has 1 amide bonds. The van der Waals surface area contributed by atoms with E-state index in [0.29, 0.717) is 5.71 Å². The molecule has 4 nitrogen and oxygen atoms in total. The first-order chi connectivity index (χ1) is 9.25. The lowest BCUT2D eigenvalue weighted by Crippen LogP contribution is -2.29. The van der Waals surface area contributed by atoms with Gasteiger partial charge in [0.15, 0.2) is 0 Å². The van der Waals surface area contributed by atoms with Gasteiger partial charge in [-0.2, -0.15) is 0 Å². The quantitative estimate of drug-likeness (QED) is 0.823. The molecule has 94 valence electrons. The molecule has 1 atom stereocenters. The fourth-order valence-corrected chi connectivity index (χ4v) is 2.39. The number of hydrogen-bond donors (Lipinski definition) is 1. The molecule has 3 rings (SSSR count). The molecule has 0 saturated carbocycles. The topological polar surface area (TPSA) is 54.4 Å². The van der Waals surface area contributed by atoms with Crippen molar-refractivity contribution >= 4 is 38.9 Å². The molecule has 0 spiro atoms. The Labute approximate surface area is 118 Å². The molecule has 1 aromatic carbocycles. The molecule has 0 fully saturated rings. The summed E-state index contributed by atoms with van der Waals surface area (Å²) in [6.07, 6.45) is 3.40. The van der Waals surface area contributed by atoms with E-state index in [0.717, 1.165) is 16.9 Å². The van der Waals surface area contributed by atoms with Gasteiger partial charge in [0.1, 0.15) is 4.83 Å². The fourth-order valence-electron chi connectivity index (χ4n) is 1.91. The van der Waals surface area contributed by atoms with Gasteiger partial charge in [-0.3, -0.25) is 9.78 Å². The maximum atomic E-state index is 12.1. The zero-order valence-corrected chi connectivity index (χ0v) is 11.5. The number of aromatic nitrogens is 1. The number of anilines is 1. The first-order valence-corrected chi connectivity index (χ1v) is 6.70. The summed E-state index contributed by atoms with van der Waals surface area (Å²) in [7, 11) is 0. The van der Waals surface area contributed by atoms with Gasteiger partial charge >= 0.3 is 0 Å². The molecular weight excluding hydrogens is 306 g/mol. The van der Waals surface area contributed by atoms with Crippen LogP contribution in [-0.4, -0.2) is 21.4 Å². The van der Waals surface area contributed by atoms with Gasteiger partial charge in [0.25, 0.3) is 0 Å². The number of aliphatic imine (C=N–C) groups is 1. The van der Waals surface area contributed by atoms with E-state index in [9.17, 15) is 4.79 Å². The van der Waals surface area contributed by atoms with Crippen molar-refractivity contribution in [2.24, 2.45) is 4.99 Å². The van der Waals surface area contributed by atoms with Gasteiger partial charge < -0.3 is 5.32 Å². The fraction of sp³-hybridized carbons (Fsp3) is 0.0714. The Balaban J connectivity index is 2.16. The van der Waals surface area contributed by atoms with Crippen molar-refractivity contribution in [3.8, 4) is 0 Å². The summed E-state index contributed by atoms with van der Waals surface area (Å²) >= 11 is 3.40. The molecule has 0 aliphatic carbocycles. The monoisotopic (exact) mass is 315 g/mol. The van der Waals surface area contributed by atoms with Crippen LogP contribution in [0.25, 0.3) is 0 Å². The Morgan fingerprint density at radius 3 is 2.79 bits per heavy atom. The number of carbonyl (C=O) groups excluding carboxylic acids is 1. The largest absolute Gasteiger partial charge is 0.323 e. The average molecular weight is 316 g/mol. The molecular formula is C14H10BrN3O. The van der Waals surface area contributed by atoms with Crippen LogP contribution in [0.1, 0.15) is 5.56 Å². The van der Waals surface area contributed by atoms with Gasteiger partial charge in [-0.1, -0.05) is 34.1 Å². The van der Waals surface area contributed by atoms with E-state index in [2.05, 4.69) is 31.2 Å². The Hall–Kier alpha value is -2.01. The number of benzene rings is 1. The smallest absolute Gasteiger partial charge is 0.244 e. The minimum atomic E-state index is -0.496. The summed E-state index contributed by atoms with van der Waals surface area (Å²) in [5.41, 5.74) is 2.96. The van der Waals surface area contributed by atoms with Crippen LogP contribution in [0.2, 0.25) is 0 Å². The molecule has 0 saturated heterocycles. The Morgan fingerprint density at radius 1 is 1.16 bits per heavy atom.